The van der Waals surface area contributed by atoms with Crippen molar-refractivity contribution < 1.29 is 42.4 Å². The number of carbonyl (C=O) groups excluding carboxylic acids is 3. The van der Waals surface area contributed by atoms with Crippen molar-refractivity contribution in [2.45, 2.75) is 226 Å². The molecule has 0 radical (unpaired) electrons. The van der Waals surface area contributed by atoms with Gasteiger partial charge in [-0.3, -0.25) is 37.4 Å². The number of hydrogen-bond donors (Lipinski definition) is 3. The molecular formula is C48H86N5O11P. The zero-order valence-electron chi connectivity index (χ0n) is 40.4. The highest BCUT2D eigenvalue weighted by molar-refractivity contribution is 7.47. The van der Waals surface area contributed by atoms with Crippen LogP contribution in [-0.4, -0.2) is 74.3 Å². The fourth-order valence-electron chi connectivity index (χ4n) is 7.79. The number of rotatable bonds is 43. The lowest BCUT2D eigenvalue weighted by Gasteiger charge is -2.20. The minimum absolute atomic E-state index is 0.0857. The van der Waals surface area contributed by atoms with Crippen LogP contribution in [0.1, 0.15) is 213 Å². The zero-order valence-corrected chi connectivity index (χ0v) is 41.3. The number of fused-ring (bicyclic) bond motifs is 1. The average molecular weight is 940 g/mol. The van der Waals surface area contributed by atoms with Crippen LogP contribution in [0.5, 0.6) is 0 Å². The van der Waals surface area contributed by atoms with Gasteiger partial charge in [0.05, 0.1) is 19.5 Å². The van der Waals surface area contributed by atoms with Crippen molar-refractivity contribution >= 4 is 36.8 Å². The van der Waals surface area contributed by atoms with Crippen molar-refractivity contribution in [2.75, 3.05) is 26.4 Å². The number of imidazole rings is 1. The van der Waals surface area contributed by atoms with Crippen LogP contribution < -0.4 is 16.6 Å². The molecule has 3 N–H and O–H groups in total. The van der Waals surface area contributed by atoms with E-state index < -0.39 is 43.7 Å². The molecule has 1 amide bonds. The van der Waals surface area contributed by atoms with Gasteiger partial charge in [0.1, 0.15) is 12.1 Å². The van der Waals surface area contributed by atoms with Crippen LogP contribution in [0.15, 0.2) is 15.9 Å². The molecule has 0 aromatic carbocycles. The van der Waals surface area contributed by atoms with Crippen LogP contribution in [0.3, 0.4) is 0 Å². The number of phosphoric acid groups is 1. The lowest BCUT2D eigenvalue weighted by molar-refractivity contribution is -0.161. The summed E-state index contributed by atoms with van der Waals surface area (Å²) in [6.45, 7) is 3.31. The molecule has 0 saturated carbocycles. The number of ether oxygens (including phenoxy) is 2. The molecule has 2 heterocycles. The van der Waals surface area contributed by atoms with Gasteiger partial charge in [0.2, 0.25) is 5.91 Å². The third-order valence-electron chi connectivity index (χ3n) is 11.7. The van der Waals surface area contributed by atoms with E-state index in [-0.39, 0.29) is 62.6 Å². The molecule has 0 bridgehead atoms. The number of carbonyl (C=O) groups is 3. The largest absolute Gasteiger partial charge is 0.472 e. The molecule has 0 fully saturated rings. The second-order valence-electron chi connectivity index (χ2n) is 17.6. The number of unbranched alkanes of at least 4 members (excludes halogenated alkanes) is 25. The van der Waals surface area contributed by atoms with Gasteiger partial charge < -0.3 is 24.7 Å². The fourth-order valence-corrected chi connectivity index (χ4v) is 8.54. The number of nitrogens with zero attached hydrogens (tertiary/aromatic N) is 3. The normalized spacial score (nSPS) is 12.9. The molecule has 374 valence electrons. The van der Waals surface area contributed by atoms with Crippen LogP contribution >= 0.6 is 7.82 Å². The van der Waals surface area contributed by atoms with Crippen molar-refractivity contribution in [3.05, 3.63) is 27.2 Å². The maximum Gasteiger partial charge on any atom is 0.472 e. The van der Waals surface area contributed by atoms with Crippen LogP contribution in [0.25, 0.3) is 11.2 Å². The summed E-state index contributed by atoms with van der Waals surface area (Å²) < 4.78 is 36.3. The highest BCUT2D eigenvalue weighted by atomic mass is 31.2. The second kappa shape index (κ2) is 36.7. The Kier molecular flexibility index (Phi) is 32.7. The van der Waals surface area contributed by atoms with Gasteiger partial charge in [-0.1, -0.05) is 168 Å². The van der Waals surface area contributed by atoms with Gasteiger partial charge in [0.25, 0.3) is 5.56 Å². The maximum atomic E-state index is 12.8. The Morgan fingerprint density at radius 1 is 0.677 bits per heavy atom. The summed E-state index contributed by atoms with van der Waals surface area (Å²) >= 11 is 0. The predicted molar refractivity (Wildman–Crippen MR) is 256 cm³/mol. The molecule has 0 aliphatic heterocycles. The van der Waals surface area contributed by atoms with E-state index in [0.717, 1.165) is 43.1 Å². The number of nitrogens with one attached hydrogen (secondary N) is 2. The summed E-state index contributed by atoms with van der Waals surface area (Å²) in [6, 6.07) is 0. The maximum absolute atomic E-state index is 12.8. The molecule has 2 rings (SSSR count). The van der Waals surface area contributed by atoms with Gasteiger partial charge in [-0.05, 0) is 25.7 Å². The number of amides is 1. The van der Waals surface area contributed by atoms with Gasteiger partial charge in [-0.15, -0.1) is 0 Å². The topological polar surface area (TPSA) is 210 Å². The van der Waals surface area contributed by atoms with Gasteiger partial charge >= 0.3 is 25.5 Å². The summed E-state index contributed by atoms with van der Waals surface area (Å²) in [5.74, 6) is -1.28. The van der Waals surface area contributed by atoms with Gasteiger partial charge in [-0.25, -0.2) is 14.3 Å². The van der Waals surface area contributed by atoms with Crippen LogP contribution in [0.4, 0.5) is 0 Å². The van der Waals surface area contributed by atoms with Crippen LogP contribution in [-0.2, 0) is 51.1 Å². The van der Waals surface area contributed by atoms with Gasteiger partial charge in [0, 0.05) is 39.4 Å². The molecule has 2 atom stereocenters. The fraction of sp³-hybridized carbons (Fsp3) is 0.833. The zero-order chi connectivity index (χ0) is 47.4. The van der Waals surface area contributed by atoms with Gasteiger partial charge in [0.15, 0.2) is 11.8 Å². The first-order chi connectivity index (χ1) is 31.5. The summed E-state index contributed by atoms with van der Waals surface area (Å²) in [5.41, 5.74) is -0.479. The lowest BCUT2D eigenvalue weighted by Crippen LogP contribution is -2.39. The molecule has 0 aliphatic carbocycles. The smallest absolute Gasteiger partial charge is 0.462 e. The number of H-pyrrole nitrogens is 1. The number of aryl methyl sites for hydroxylation is 1. The van der Waals surface area contributed by atoms with Crippen molar-refractivity contribution in [1.29, 1.82) is 0 Å². The van der Waals surface area contributed by atoms with E-state index in [0.29, 0.717) is 25.7 Å². The highest BCUT2D eigenvalue weighted by Gasteiger charge is 2.26. The van der Waals surface area contributed by atoms with Crippen molar-refractivity contribution in [3.63, 3.8) is 0 Å². The monoisotopic (exact) mass is 940 g/mol. The van der Waals surface area contributed by atoms with E-state index in [4.69, 9.17) is 18.5 Å². The number of hydrogen-bond acceptors (Lipinski definition) is 11. The number of aromatic amines is 1. The Balaban J connectivity index is 1.70. The standard InChI is InChI=1S/C48H86N5O11P/c1-4-6-8-10-12-14-16-18-20-22-24-26-28-33-43(55)61-38-41(64-44(56)34-29-27-25-23-21-19-17-15-13-11-9-7-5-2)39-63-65(59,60)62-37-35-49-42(54)32-30-31-36-53-47(57)45-46(51-40-50-45)52(3)48(53)58/h40-41H,4-39H2,1-3H3,(H,49,54)(H,50,51)(H,59,60)/t41-/m1/s1. The van der Waals surface area contributed by atoms with E-state index in [1.165, 1.54) is 134 Å². The first-order valence-corrected chi connectivity index (χ1v) is 26.8. The molecule has 2 aromatic heterocycles. The highest BCUT2D eigenvalue weighted by Crippen LogP contribution is 2.43. The second-order valence-corrected chi connectivity index (χ2v) is 19.0. The third-order valence-corrected chi connectivity index (χ3v) is 12.7. The Morgan fingerprint density at radius 3 is 1.68 bits per heavy atom. The molecule has 17 heteroatoms. The van der Waals surface area contributed by atoms with E-state index in [9.17, 15) is 33.4 Å². The third kappa shape index (κ3) is 27.8. The molecule has 0 saturated heterocycles. The Labute approximate surface area is 388 Å². The van der Waals surface area contributed by atoms with E-state index in [1.54, 1.807) is 0 Å². The number of phosphoric ester groups is 1. The minimum Gasteiger partial charge on any atom is -0.462 e. The molecule has 0 spiro atoms. The summed E-state index contributed by atoms with van der Waals surface area (Å²) in [5, 5.41) is 2.60. The lowest BCUT2D eigenvalue weighted by atomic mass is 10.0. The Hall–Kier alpha value is -3.33. The van der Waals surface area contributed by atoms with Crippen molar-refractivity contribution in [1.82, 2.24) is 24.4 Å². The Morgan fingerprint density at radius 2 is 1.15 bits per heavy atom. The predicted octanol–water partition coefficient (Wildman–Crippen LogP) is 10.3. The van der Waals surface area contributed by atoms with E-state index in [1.807, 2.05) is 0 Å². The molecular weight excluding hydrogens is 854 g/mol. The average Bonchev–Trinajstić information content (AvgIpc) is 3.79. The number of esters is 2. The van der Waals surface area contributed by atoms with Crippen LogP contribution in [0, 0.1) is 0 Å². The number of aromatic nitrogens is 4. The molecule has 16 nitrogen and oxygen atoms in total. The van der Waals surface area contributed by atoms with E-state index in [2.05, 4.69) is 29.1 Å². The quantitative estimate of drug-likeness (QED) is 0.0322. The molecule has 0 aliphatic rings. The molecule has 1 unspecified atom stereocenters. The van der Waals surface area contributed by atoms with Gasteiger partial charge in [-0.2, -0.15) is 0 Å². The van der Waals surface area contributed by atoms with Crippen LogP contribution in [0.2, 0.25) is 0 Å². The summed E-state index contributed by atoms with van der Waals surface area (Å²) in [4.78, 5) is 80.1. The first kappa shape index (κ1) is 57.8. The summed E-state index contributed by atoms with van der Waals surface area (Å²) in [6.07, 6.45) is 32.3. The molecule has 65 heavy (non-hydrogen) atoms. The van der Waals surface area contributed by atoms with Crippen molar-refractivity contribution in [3.8, 4) is 0 Å². The first-order valence-electron chi connectivity index (χ1n) is 25.4. The van der Waals surface area contributed by atoms with E-state index >= 15 is 0 Å². The molecule has 2 aromatic rings. The SMILES string of the molecule is CCCCCCCCCCCCCCCC(=O)OC[C@H](COP(=O)(O)OCCNC(=O)CCCCn1c(=O)c2[nH]cnc2n(C)c1=O)OC(=O)CCCCCCCCCCCCCCC. The van der Waals surface area contributed by atoms with Crippen molar-refractivity contribution in [2.24, 2.45) is 7.05 Å². The minimum atomic E-state index is -4.63. The summed E-state index contributed by atoms with van der Waals surface area (Å²) in [7, 11) is -3.10. The Bertz CT molecular complexity index is 1750.